The highest BCUT2D eigenvalue weighted by molar-refractivity contribution is 5.97. The molecule has 0 amide bonds. The third kappa shape index (κ3) is 2.71. The number of fused-ring (bicyclic) bond motifs is 1. The Balaban J connectivity index is 1.94. The molecular weight excluding hydrogens is 276 g/mol. The number of phenols is 1. The molecule has 0 saturated heterocycles. The lowest BCUT2D eigenvalue weighted by atomic mass is 9.95. The molecule has 22 heavy (non-hydrogen) atoms. The van der Waals surface area contributed by atoms with E-state index in [1.807, 2.05) is 30.3 Å². The highest BCUT2D eigenvalue weighted by Gasteiger charge is 2.19. The molecular formula is C19H16O3. The Hall–Kier alpha value is -2.65. The molecule has 3 nitrogen and oxygen atoms in total. The first-order valence-corrected chi connectivity index (χ1v) is 7.14. The van der Waals surface area contributed by atoms with E-state index in [4.69, 9.17) is 0 Å². The predicted octanol–water partition coefficient (Wildman–Crippen LogP) is 3.85. The number of hydrogen-bond acceptors (Lipinski definition) is 3. The van der Waals surface area contributed by atoms with E-state index < -0.39 is 6.10 Å². The summed E-state index contributed by atoms with van der Waals surface area (Å²) in [7, 11) is 0. The second-order valence-electron chi connectivity index (χ2n) is 5.23. The number of aliphatic hydroxyl groups excluding tert-OH is 1. The molecule has 1 unspecified atom stereocenters. The lowest BCUT2D eigenvalue weighted by molar-refractivity contribution is 0.0879. The van der Waals surface area contributed by atoms with Crippen molar-refractivity contribution in [3.63, 3.8) is 0 Å². The van der Waals surface area contributed by atoms with E-state index in [0.29, 0.717) is 11.1 Å². The van der Waals surface area contributed by atoms with E-state index in [-0.39, 0.29) is 18.0 Å². The summed E-state index contributed by atoms with van der Waals surface area (Å²) in [6, 6.07) is 19.7. The van der Waals surface area contributed by atoms with E-state index in [9.17, 15) is 15.0 Å². The first kappa shape index (κ1) is 14.3. The minimum atomic E-state index is -1.04. The predicted molar refractivity (Wildman–Crippen MR) is 86.0 cm³/mol. The maximum Gasteiger partial charge on any atom is 0.165 e. The summed E-state index contributed by atoms with van der Waals surface area (Å²) < 4.78 is 0. The Morgan fingerprint density at radius 3 is 2.36 bits per heavy atom. The third-order valence-electron chi connectivity index (χ3n) is 3.76. The number of Topliss-reactive ketones (excluding diaryl/α,β-unsaturated/α-hetero) is 1. The summed E-state index contributed by atoms with van der Waals surface area (Å²) in [6.07, 6.45) is -1.11. The standard InChI is InChI=1S/C19H16O3/c20-16-11-10-13-6-4-5-9-15(13)19(16)18(22)12-17(21)14-7-2-1-3-8-14/h1-11,18,20,22H,12H2. The molecule has 110 valence electrons. The average Bonchev–Trinajstić information content (AvgIpc) is 2.55. The zero-order valence-corrected chi connectivity index (χ0v) is 11.9. The van der Waals surface area contributed by atoms with Crippen LogP contribution in [0.5, 0.6) is 5.75 Å². The molecule has 0 fully saturated rings. The van der Waals surface area contributed by atoms with Gasteiger partial charge in [0.1, 0.15) is 5.75 Å². The van der Waals surface area contributed by atoms with Crippen LogP contribution >= 0.6 is 0 Å². The van der Waals surface area contributed by atoms with Crippen LogP contribution in [0.15, 0.2) is 66.7 Å². The minimum absolute atomic E-state index is 0.00654. The van der Waals surface area contributed by atoms with Gasteiger partial charge < -0.3 is 10.2 Å². The van der Waals surface area contributed by atoms with Gasteiger partial charge in [-0.25, -0.2) is 0 Å². The van der Waals surface area contributed by atoms with Crippen molar-refractivity contribution in [2.75, 3.05) is 0 Å². The average molecular weight is 292 g/mol. The van der Waals surface area contributed by atoms with E-state index in [1.165, 1.54) is 0 Å². The molecule has 3 rings (SSSR count). The molecule has 0 aliphatic rings. The van der Waals surface area contributed by atoms with Gasteiger partial charge in [0.2, 0.25) is 0 Å². The molecule has 0 bridgehead atoms. The quantitative estimate of drug-likeness (QED) is 0.718. The van der Waals surface area contributed by atoms with Gasteiger partial charge in [-0.15, -0.1) is 0 Å². The molecule has 0 aliphatic carbocycles. The van der Waals surface area contributed by atoms with Gasteiger partial charge in [0, 0.05) is 17.5 Å². The number of benzene rings is 3. The lowest BCUT2D eigenvalue weighted by Gasteiger charge is -2.15. The normalized spacial score (nSPS) is 12.2. The van der Waals surface area contributed by atoms with Crippen molar-refractivity contribution in [2.45, 2.75) is 12.5 Å². The number of hydrogen-bond donors (Lipinski definition) is 2. The zero-order valence-electron chi connectivity index (χ0n) is 11.9. The number of ketones is 1. The van der Waals surface area contributed by atoms with Crippen molar-refractivity contribution < 1.29 is 15.0 Å². The zero-order chi connectivity index (χ0) is 15.5. The highest BCUT2D eigenvalue weighted by Crippen LogP contribution is 2.34. The molecule has 0 aromatic heterocycles. The van der Waals surface area contributed by atoms with Crippen LogP contribution in [0.4, 0.5) is 0 Å². The molecule has 3 aromatic rings. The fourth-order valence-electron chi connectivity index (χ4n) is 2.65. The Morgan fingerprint density at radius 1 is 0.909 bits per heavy atom. The number of carbonyl (C=O) groups is 1. The van der Waals surface area contributed by atoms with Gasteiger partial charge in [-0.3, -0.25) is 4.79 Å². The van der Waals surface area contributed by atoms with Crippen LogP contribution in [-0.2, 0) is 0 Å². The number of aliphatic hydroxyl groups is 1. The molecule has 1 atom stereocenters. The maximum atomic E-state index is 12.2. The second-order valence-corrected chi connectivity index (χ2v) is 5.23. The molecule has 0 saturated carbocycles. The monoisotopic (exact) mass is 292 g/mol. The van der Waals surface area contributed by atoms with Crippen molar-refractivity contribution in [3.8, 4) is 5.75 Å². The van der Waals surface area contributed by atoms with Crippen LogP contribution in [0.2, 0.25) is 0 Å². The minimum Gasteiger partial charge on any atom is -0.508 e. The fourth-order valence-corrected chi connectivity index (χ4v) is 2.65. The van der Waals surface area contributed by atoms with E-state index >= 15 is 0 Å². The summed E-state index contributed by atoms with van der Waals surface area (Å²) >= 11 is 0. The van der Waals surface area contributed by atoms with Crippen LogP contribution in [0.1, 0.15) is 28.4 Å². The van der Waals surface area contributed by atoms with Crippen LogP contribution < -0.4 is 0 Å². The van der Waals surface area contributed by atoms with Gasteiger partial charge in [0.15, 0.2) is 5.78 Å². The van der Waals surface area contributed by atoms with Gasteiger partial charge in [-0.1, -0.05) is 60.7 Å². The summed E-state index contributed by atoms with van der Waals surface area (Å²) in [5.74, 6) is -0.146. The first-order valence-electron chi connectivity index (χ1n) is 7.14. The van der Waals surface area contributed by atoms with E-state index in [1.54, 1.807) is 36.4 Å². The largest absolute Gasteiger partial charge is 0.508 e. The highest BCUT2D eigenvalue weighted by atomic mass is 16.3. The smallest absolute Gasteiger partial charge is 0.165 e. The number of phenolic OH excluding ortho intramolecular Hbond substituents is 1. The van der Waals surface area contributed by atoms with Crippen LogP contribution in [-0.4, -0.2) is 16.0 Å². The molecule has 0 spiro atoms. The number of aromatic hydroxyl groups is 1. The Kier molecular flexibility index (Phi) is 3.90. The summed E-state index contributed by atoms with van der Waals surface area (Å²) in [5, 5.41) is 22.2. The number of rotatable bonds is 4. The van der Waals surface area contributed by atoms with Gasteiger partial charge in [-0.2, -0.15) is 0 Å². The lowest BCUT2D eigenvalue weighted by Crippen LogP contribution is -2.07. The summed E-state index contributed by atoms with van der Waals surface area (Å²) in [6.45, 7) is 0. The van der Waals surface area contributed by atoms with Crippen molar-refractivity contribution in [1.29, 1.82) is 0 Å². The van der Waals surface area contributed by atoms with Crippen molar-refractivity contribution >= 4 is 16.6 Å². The molecule has 2 N–H and O–H groups in total. The molecule has 0 heterocycles. The van der Waals surface area contributed by atoms with Gasteiger partial charge >= 0.3 is 0 Å². The van der Waals surface area contributed by atoms with Crippen LogP contribution in [0, 0.1) is 0 Å². The first-order chi connectivity index (χ1) is 10.7. The molecule has 3 aromatic carbocycles. The Bertz CT molecular complexity index is 809. The third-order valence-corrected chi connectivity index (χ3v) is 3.76. The van der Waals surface area contributed by atoms with Gasteiger partial charge in [0.05, 0.1) is 6.10 Å². The van der Waals surface area contributed by atoms with Crippen LogP contribution in [0.3, 0.4) is 0 Å². The second kappa shape index (κ2) is 6.00. The maximum absolute atomic E-state index is 12.2. The van der Waals surface area contributed by atoms with Crippen molar-refractivity contribution in [2.24, 2.45) is 0 Å². The Labute approximate surface area is 128 Å². The molecule has 0 radical (unpaired) electrons. The van der Waals surface area contributed by atoms with E-state index in [0.717, 1.165) is 10.8 Å². The Morgan fingerprint density at radius 2 is 1.59 bits per heavy atom. The van der Waals surface area contributed by atoms with Crippen LogP contribution in [0.25, 0.3) is 10.8 Å². The fraction of sp³-hybridized carbons (Fsp3) is 0.105. The van der Waals surface area contributed by atoms with Crippen molar-refractivity contribution in [3.05, 3.63) is 77.9 Å². The van der Waals surface area contributed by atoms with Gasteiger partial charge in [-0.05, 0) is 16.8 Å². The van der Waals surface area contributed by atoms with Gasteiger partial charge in [0.25, 0.3) is 0 Å². The summed E-state index contributed by atoms with van der Waals surface area (Å²) in [4.78, 5) is 12.2. The number of carbonyl (C=O) groups excluding carboxylic acids is 1. The summed E-state index contributed by atoms with van der Waals surface area (Å²) in [5.41, 5.74) is 0.962. The molecule has 0 aliphatic heterocycles. The molecule has 3 heteroatoms. The topological polar surface area (TPSA) is 57.5 Å². The van der Waals surface area contributed by atoms with E-state index in [2.05, 4.69) is 0 Å². The SMILES string of the molecule is O=C(CC(O)c1c(O)ccc2ccccc12)c1ccccc1. The van der Waals surface area contributed by atoms with Crippen molar-refractivity contribution in [1.82, 2.24) is 0 Å².